The van der Waals surface area contributed by atoms with E-state index in [-0.39, 0.29) is 46.5 Å². The molecule has 90 valence electrons. The average Bonchev–Trinajstić information content (AvgIpc) is 1.96. The van der Waals surface area contributed by atoms with Crippen molar-refractivity contribution in [1.82, 2.24) is 0 Å². The summed E-state index contributed by atoms with van der Waals surface area (Å²) in [6.07, 6.45) is 0. The summed E-state index contributed by atoms with van der Waals surface area (Å²) in [6, 6.07) is 0. The van der Waals surface area contributed by atoms with Gasteiger partial charge in [0.2, 0.25) is 0 Å². The van der Waals surface area contributed by atoms with Crippen molar-refractivity contribution in [2.45, 2.75) is 5.38 Å². The minimum atomic E-state index is -5.07. The van der Waals surface area contributed by atoms with Crippen LogP contribution in [0.2, 0.25) is 0 Å². The van der Waals surface area contributed by atoms with Crippen LogP contribution in [0.4, 0.5) is 0 Å². The Bertz CT molecular complexity index is 278. The quantitative estimate of drug-likeness (QED) is 0.376. The van der Waals surface area contributed by atoms with Crippen LogP contribution in [0.25, 0.3) is 0 Å². The van der Waals surface area contributed by atoms with Gasteiger partial charge in [0.05, 0.1) is 12.0 Å². The minimum absolute atomic E-state index is 0. The van der Waals surface area contributed by atoms with Gasteiger partial charge in [0, 0.05) is 5.88 Å². The van der Waals surface area contributed by atoms with Gasteiger partial charge < -0.3 is 17.5 Å². The van der Waals surface area contributed by atoms with Crippen LogP contribution in [0.1, 0.15) is 2.85 Å². The Kier molecular flexibility index (Phi) is 10.7. The Labute approximate surface area is 129 Å². The van der Waals surface area contributed by atoms with Crippen LogP contribution in [0.5, 0.6) is 0 Å². The maximum Gasteiger partial charge on any atom is 2.00 e. The van der Waals surface area contributed by atoms with E-state index in [1.807, 2.05) is 0 Å². The Hall–Kier alpha value is 2.10. The summed E-state index contributed by atoms with van der Waals surface area (Å²) in [4.78, 5) is 25.1. The molecule has 2 unspecified atom stereocenters. The summed E-state index contributed by atoms with van der Waals surface area (Å²) in [6.45, 7) is -0.459. The molecule has 0 heterocycles. The van der Waals surface area contributed by atoms with Gasteiger partial charge in [0.15, 0.2) is 0 Å². The first kappa shape index (κ1) is 19.4. The zero-order valence-electron chi connectivity index (χ0n) is 9.32. The van der Waals surface area contributed by atoms with Gasteiger partial charge in [-0.15, -0.1) is 23.2 Å². The summed E-state index contributed by atoms with van der Waals surface area (Å²) >= 11 is 10.6. The van der Waals surface area contributed by atoms with Gasteiger partial charge in [-0.3, -0.25) is 4.52 Å². The number of rotatable bonds is 6. The van der Waals surface area contributed by atoms with Crippen LogP contribution in [0.3, 0.4) is 0 Å². The molecule has 2 atom stereocenters. The molecule has 0 radical (unpaired) electrons. The molecule has 0 aliphatic heterocycles. The maximum atomic E-state index is 10.8. The summed E-state index contributed by atoms with van der Waals surface area (Å²) < 4.78 is 28.5. The van der Waals surface area contributed by atoms with Crippen molar-refractivity contribution in [1.29, 1.82) is 0 Å². The van der Waals surface area contributed by atoms with E-state index in [2.05, 4.69) is 8.83 Å². The summed E-state index contributed by atoms with van der Waals surface area (Å²) in [7, 11) is -9.86. The van der Waals surface area contributed by atoms with Crippen LogP contribution in [0, 0.1) is 0 Å². The molecule has 0 bridgehead atoms. The Morgan fingerprint density at radius 3 is 2.13 bits per heavy atom. The van der Waals surface area contributed by atoms with Gasteiger partial charge in [-0.25, -0.2) is 9.13 Å². The third-order valence-corrected chi connectivity index (χ3v) is 3.76. The normalized spacial score (nSPS) is 17.7. The third-order valence-electron chi connectivity index (χ3n) is 0.795. The van der Waals surface area contributed by atoms with Crippen LogP contribution >= 0.6 is 38.8 Å². The number of hydrogen-bond acceptors (Lipinski definition) is 4. The molecule has 12 heteroatoms. The van der Waals surface area contributed by atoms with Crippen molar-refractivity contribution in [3.8, 4) is 0 Å². The number of hydrogen-bond donors (Lipinski definition) is 3. The molecule has 0 amide bonds. The SMILES string of the molecule is O=P(O)(O)OP(=O)(O)OCC(Cl)CCl.[Ca+2].[H-].[H-]. The van der Waals surface area contributed by atoms with Gasteiger partial charge in [0.25, 0.3) is 0 Å². The molecule has 15 heavy (non-hydrogen) atoms. The predicted molar refractivity (Wildman–Crippen MR) is 57.2 cm³/mol. The number of alkyl halides is 2. The monoisotopic (exact) mass is 330 g/mol. The Morgan fingerprint density at radius 1 is 1.33 bits per heavy atom. The fourth-order valence-corrected chi connectivity index (χ4v) is 2.25. The molecule has 0 aliphatic rings. The first-order valence-electron chi connectivity index (χ1n) is 3.10. The van der Waals surface area contributed by atoms with Crippen LogP contribution in [-0.4, -0.2) is 70.3 Å². The van der Waals surface area contributed by atoms with Gasteiger partial charge in [-0.1, -0.05) is 0 Å². The van der Waals surface area contributed by atoms with Gasteiger partial charge in [-0.05, 0) is 0 Å². The topological polar surface area (TPSA) is 113 Å². The second-order valence-electron chi connectivity index (χ2n) is 2.09. The second-order valence-corrected chi connectivity index (χ2v) is 5.84. The van der Waals surface area contributed by atoms with Crippen molar-refractivity contribution in [2.75, 3.05) is 12.5 Å². The fraction of sp³-hybridized carbons (Fsp3) is 1.00. The van der Waals surface area contributed by atoms with Gasteiger partial charge in [-0.2, -0.15) is 4.31 Å². The molecule has 0 saturated carbocycles. The smallest absolute Gasteiger partial charge is 1.00 e. The summed E-state index contributed by atoms with van der Waals surface area (Å²) in [5.41, 5.74) is 0. The molecule has 0 rings (SSSR count). The van der Waals surface area contributed by atoms with Gasteiger partial charge >= 0.3 is 53.4 Å². The van der Waals surface area contributed by atoms with Crippen molar-refractivity contribution in [2.24, 2.45) is 0 Å². The van der Waals surface area contributed by atoms with E-state index in [1.54, 1.807) is 0 Å². The van der Waals surface area contributed by atoms with E-state index in [0.29, 0.717) is 0 Å². The molecule has 0 saturated heterocycles. The Balaban J connectivity index is -0.000000282. The number of phosphoric acid groups is 2. The average molecular weight is 331 g/mol. The van der Waals surface area contributed by atoms with E-state index >= 15 is 0 Å². The fourth-order valence-electron chi connectivity index (χ4n) is 0.378. The van der Waals surface area contributed by atoms with Crippen molar-refractivity contribution < 1.29 is 35.5 Å². The standard InChI is InChI=1S/C3H8Cl2O7P2.Ca.2H/c4-1-3(5)2-11-14(9,10)12-13(6,7)8;;;/h3H,1-2H2,(H,9,10)(H2,6,7,8);;;/q;+2;2*-1. The molecule has 0 spiro atoms. The third kappa shape index (κ3) is 12.3. The molecule has 0 aromatic rings. The first-order valence-corrected chi connectivity index (χ1v) is 7.10. The van der Waals surface area contributed by atoms with Crippen LogP contribution < -0.4 is 0 Å². The maximum absolute atomic E-state index is 10.8. The molecule has 0 fully saturated rings. The summed E-state index contributed by atoms with van der Waals surface area (Å²) in [5, 5.41) is -0.752. The number of halogens is 2. The van der Waals surface area contributed by atoms with E-state index < -0.39 is 27.6 Å². The molecule has 0 aromatic carbocycles. The van der Waals surface area contributed by atoms with Crippen molar-refractivity contribution >= 4 is 76.6 Å². The molecule has 0 aliphatic carbocycles. The molecule has 0 aromatic heterocycles. The van der Waals surface area contributed by atoms with Crippen LogP contribution in [-0.2, 0) is 18.0 Å². The minimum Gasteiger partial charge on any atom is -1.00 e. The predicted octanol–water partition coefficient (Wildman–Crippen LogP) is 0.903. The molecule has 3 N–H and O–H groups in total. The second kappa shape index (κ2) is 8.25. The number of phosphoric ester groups is 1. The van der Waals surface area contributed by atoms with Gasteiger partial charge in [0.1, 0.15) is 0 Å². The van der Waals surface area contributed by atoms with E-state index in [9.17, 15) is 9.13 Å². The van der Waals surface area contributed by atoms with Crippen molar-refractivity contribution in [3.05, 3.63) is 0 Å². The molecular formula is C3H10CaCl2O7P2. The van der Waals surface area contributed by atoms with Crippen molar-refractivity contribution in [3.63, 3.8) is 0 Å². The van der Waals surface area contributed by atoms with Crippen LogP contribution in [0.15, 0.2) is 0 Å². The summed E-state index contributed by atoms with van der Waals surface area (Å²) in [5.74, 6) is -0.0442. The van der Waals surface area contributed by atoms with E-state index in [0.717, 1.165) is 0 Å². The zero-order chi connectivity index (χ0) is 11.4. The largest absolute Gasteiger partial charge is 2.00 e. The van der Waals surface area contributed by atoms with E-state index in [1.165, 1.54) is 0 Å². The molecule has 7 nitrogen and oxygen atoms in total. The Morgan fingerprint density at radius 2 is 1.80 bits per heavy atom. The first-order chi connectivity index (χ1) is 6.16. The molecular weight excluding hydrogens is 321 g/mol. The zero-order valence-corrected chi connectivity index (χ0v) is 12.8. The van der Waals surface area contributed by atoms with E-state index in [4.69, 9.17) is 37.9 Å².